The van der Waals surface area contributed by atoms with Crippen LogP contribution in [0.25, 0.3) is 0 Å². The summed E-state index contributed by atoms with van der Waals surface area (Å²) in [6.07, 6.45) is 0.323. The second-order valence-corrected chi connectivity index (χ2v) is 7.46. The van der Waals surface area contributed by atoms with Gasteiger partial charge in [-0.05, 0) is 33.3 Å². The van der Waals surface area contributed by atoms with E-state index in [1.165, 1.54) is 16.2 Å². The van der Waals surface area contributed by atoms with Gasteiger partial charge in [-0.1, -0.05) is 11.6 Å². The first-order chi connectivity index (χ1) is 10.1. The second-order valence-electron chi connectivity index (χ2n) is 6.11. The van der Waals surface area contributed by atoms with Gasteiger partial charge in [0.05, 0.1) is 9.90 Å². The van der Waals surface area contributed by atoms with E-state index in [-0.39, 0.29) is 12.0 Å². The molecule has 0 spiro atoms. The van der Waals surface area contributed by atoms with Gasteiger partial charge in [-0.3, -0.25) is 4.79 Å². The molecule has 0 fully saturated rings. The predicted octanol–water partition coefficient (Wildman–Crippen LogP) is 3.73. The van der Waals surface area contributed by atoms with Crippen LogP contribution >= 0.6 is 22.9 Å². The molecule has 0 aliphatic carbocycles. The first kappa shape index (κ1) is 18.8. The number of ether oxygens (including phenoxy) is 1. The van der Waals surface area contributed by atoms with E-state index >= 15 is 0 Å². The molecule has 1 rings (SSSR count). The highest BCUT2D eigenvalue weighted by atomic mass is 35.5. The van der Waals surface area contributed by atoms with E-state index in [0.717, 1.165) is 0 Å². The van der Waals surface area contributed by atoms with E-state index in [4.69, 9.17) is 16.3 Å². The summed E-state index contributed by atoms with van der Waals surface area (Å²) in [6, 6.07) is 1.66. The van der Waals surface area contributed by atoms with Crippen LogP contribution in [0.4, 0.5) is 4.79 Å². The molecule has 0 bridgehead atoms. The van der Waals surface area contributed by atoms with Crippen molar-refractivity contribution >= 4 is 34.9 Å². The highest BCUT2D eigenvalue weighted by Crippen LogP contribution is 2.20. The first-order valence-corrected chi connectivity index (χ1v) is 8.29. The zero-order valence-corrected chi connectivity index (χ0v) is 15.3. The van der Waals surface area contributed by atoms with Crippen LogP contribution in [0.2, 0.25) is 5.02 Å². The summed E-state index contributed by atoms with van der Waals surface area (Å²) in [6.45, 7) is 6.57. The molecule has 0 N–H and O–H groups in total. The molecule has 2 amide bonds. The molecule has 0 saturated carbocycles. The van der Waals surface area contributed by atoms with Crippen molar-refractivity contribution in [3.8, 4) is 0 Å². The second kappa shape index (κ2) is 7.83. The summed E-state index contributed by atoms with van der Waals surface area (Å²) in [4.78, 5) is 27.7. The molecule has 0 aromatic carbocycles. The standard InChI is InChI=1S/C15H23ClN2O3S/c1-15(2,3)21-14(20)18(5)8-6-7-17(4)13(19)12-9-11(16)10-22-12/h9-10H,6-8H2,1-5H3. The van der Waals surface area contributed by atoms with Crippen LogP contribution in [0.15, 0.2) is 11.4 Å². The quantitative estimate of drug-likeness (QED) is 0.816. The molecule has 0 aliphatic rings. The van der Waals surface area contributed by atoms with Gasteiger partial charge in [0.15, 0.2) is 0 Å². The number of carbonyl (C=O) groups excluding carboxylic acids is 2. The van der Waals surface area contributed by atoms with Crippen LogP contribution in [0, 0.1) is 0 Å². The van der Waals surface area contributed by atoms with Crippen molar-refractivity contribution < 1.29 is 14.3 Å². The van der Waals surface area contributed by atoms with Crippen molar-refractivity contribution in [1.29, 1.82) is 0 Å². The third kappa shape index (κ3) is 6.23. The van der Waals surface area contributed by atoms with Crippen LogP contribution in [0.1, 0.15) is 36.9 Å². The van der Waals surface area contributed by atoms with Crippen molar-refractivity contribution in [2.45, 2.75) is 32.8 Å². The largest absolute Gasteiger partial charge is 0.444 e. The lowest BCUT2D eigenvalue weighted by Gasteiger charge is -2.25. The normalized spacial score (nSPS) is 11.2. The molecule has 0 aliphatic heterocycles. The number of nitrogens with zero attached hydrogens (tertiary/aromatic N) is 2. The third-order valence-corrected chi connectivity index (χ3v) is 4.08. The zero-order chi connectivity index (χ0) is 16.9. The molecule has 5 nitrogen and oxygen atoms in total. The van der Waals surface area contributed by atoms with Gasteiger partial charge in [0.25, 0.3) is 5.91 Å². The summed E-state index contributed by atoms with van der Waals surface area (Å²) in [5, 5.41) is 2.31. The number of rotatable bonds is 5. The fraction of sp³-hybridized carbons (Fsp3) is 0.600. The van der Waals surface area contributed by atoms with Crippen LogP contribution in [0.3, 0.4) is 0 Å². The van der Waals surface area contributed by atoms with Gasteiger partial charge in [0.2, 0.25) is 0 Å². The summed E-state index contributed by atoms with van der Waals surface area (Å²) in [5.41, 5.74) is -0.503. The summed E-state index contributed by atoms with van der Waals surface area (Å²) >= 11 is 7.15. The summed E-state index contributed by atoms with van der Waals surface area (Å²) in [7, 11) is 3.43. The average Bonchev–Trinajstić information content (AvgIpc) is 2.82. The number of halogens is 1. The highest BCUT2D eigenvalue weighted by molar-refractivity contribution is 7.12. The summed E-state index contributed by atoms with van der Waals surface area (Å²) < 4.78 is 5.27. The van der Waals surface area contributed by atoms with Crippen LogP contribution in [-0.2, 0) is 4.74 Å². The minimum Gasteiger partial charge on any atom is -0.444 e. The van der Waals surface area contributed by atoms with E-state index in [2.05, 4.69) is 0 Å². The van der Waals surface area contributed by atoms with Crippen LogP contribution < -0.4 is 0 Å². The zero-order valence-electron chi connectivity index (χ0n) is 13.7. The van der Waals surface area contributed by atoms with E-state index in [0.29, 0.717) is 29.4 Å². The fourth-order valence-electron chi connectivity index (χ4n) is 1.69. The van der Waals surface area contributed by atoms with Crippen molar-refractivity contribution in [3.05, 3.63) is 21.3 Å². The Balaban J connectivity index is 2.37. The fourth-order valence-corrected chi connectivity index (χ4v) is 2.76. The Labute approximate surface area is 140 Å². The van der Waals surface area contributed by atoms with E-state index < -0.39 is 5.60 Å². The van der Waals surface area contributed by atoms with Crippen molar-refractivity contribution in [2.75, 3.05) is 27.2 Å². The monoisotopic (exact) mass is 346 g/mol. The van der Waals surface area contributed by atoms with Gasteiger partial charge < -0.3 is 14.5 Å². The smallest absolute Gasteiger partial charge is 0.410 e. The predicted molar refractivity (Wildman–Crippen MR) is 89.8 cm³/mol. The molecule has 0 saturated heterocycles. The van der Waals surface area contributed by atoms with Crippen molar-refractivity contribution in [3.63, 3.8) is 0 Å². The number of carbonyl (C=O) groups is 2. The van der Waals surface area contributed by atoms with E-state index in [9.17, 15) is 9.59 Å². The topological polar surface area (TPSA) is 49.9 Å². The molecule has 124 valence electrons. The minimum atomic E-state index is -0.503. The number of thiophene rings is 1. The molecule has 1 aromatic heterocycles. The Morgan fingerprint density at radius 2 is 1.82 bits per heavy atom. The Bertz CT molecular complexity index is 525. The molecule has 0 atom stereocenters. The maximum atomic E-state index is 12.1. The molecule has 22 heavy (non-hydrogen) atoms. The summed E-state index contributed by atoms with van der Waals surface area (Å²) in [5.74, 6) is -0.0585. The molecule has 0 radical (unpaired) electrons. The number of hydrogen-bond donors (Lipinski definition) is 0. The Kier molecular flexibility index (Phi) is 6.68. The number of amides is 2. The van der Waals surface area contributed by atoms with Gasteiger partial charge in [-0.25, -0.2) is 4.79 Å². The van der Waals surface area contributed by atoms with E-state index in [1.807, 2.05) is 20.8 Å². The maximum absolute atomic E-state index is 12.1. The average molecular weight is 347 g/mol. The van der Waals surface area contributed by atoms with Gasteiger partial charge in [0, 0.05) is 32.6 Å². The van der Waals surface area contributed by atoms with Crippen molar-refractivity contribution in [2.24, 2.45) is 0 Å². The lowest BCUT2D eigenvalue weighted by atomic mass is 10.2. The third-order valence-electron chi connectivity index (χ3n) is 2.82. The molecule has 7 heteroatoms. The van der Waals surface area contributed by atoms with Crippen molar-refractivity contribution in [1.82, 2.24) is 9.80 Å². The van der Waals surface area contributed by atoms with Gasteiger partial charge in [-0.15, -0.1) is 11.3 Å². The highest BCUT2D eigenvalue weighted by Gasteiger charge is 2.20. The lowest BCUT2D eigenvalue weighted by Crippen LogP contribution is -2.36. The van der Waals surface area contributed by atoms with E-state index in [1.54, 1.807) is 30.4 Å². The van der Waals surface area contributed by atoms with Gasteiger partial charge in [0.1, 0.15) is 5.60 Å². The Morgan fingerprint density at radius 1 is 1.23 bits per heavy atom. The molecule has 0 unspecified atom stereocenters. The Hall–Kier alpha value is -1.27. The molecular weight excluding hydrogens is 324 g/mol. The SMILES string of the molecule is CN(CCCN(C)C(=O)c1cc(Cl)cs1)C(=O)OC(C)(C)C. The lowest BCUT2D eigenvalue weighted by molar-refractivity contribution is 0.0294. The van der Waals surface area contributed by atoms with Crippen LogP contribution in [-0.4, -0.2) is 54.6 Å². The van der Waals surface area contributed by atoms with Gasteiger partial charge >= 0.3 is 6.09 Å². The molecular formula is C15H23ClN2O3S. The Morgan fingerprint density at radius 3 is 2.32 bits per heavy atom. The molecule has 1 heterocycles. The first-order valence-electron chi connectivity index (χ1n) is 7.04. The molecule has 1 aromatic rings. The minimum absolute atomic E-state index is 0.0585. The maximum Gasteiger partial charge on any atom is 0.410 e. The van der Waals surface area contributed by atoms with Crippen LogP contribution in [0.5, 0.6) is 0 Å². The number of hydrogen-bond acceptors (Lipinski definition) is 4. The van der Waals surface area contributed by atoms with Gasteiger partial charge in [-0.2, -0.15) is 0 Å².